The summed E-state index contributed by atoms with van der Waals surface area (Å²) >= 11 is 0. The number of phenolic OH excluding ortho intramolecular Hbond substituents is 1. The fourth-order valence-electron chi connectivity index (χ4n) is 2.88. The number of rotatable bonds is 5. The summed E-state index contributed by atoms with van der Waals surface area (Å²) in [6.45, 7) is 7.73. The number of hydrogen-bond donors (Lipinski definition) is 3. The number of aryl methyl sites for hydroxylation is 1. The number of aromatic hydroxyl groups is 1. The van der Waals surface area contributed by atoms with Crippen LogP contribution in [0, 0.1) is 0 Å². The lowest BCUT2D eigenvalue weighted by Crippen LogP contribution is -2.41. The van der Waals surface area contributed by atoms with Crippen molar-refractivity contribution in [2.45, 2.75) is 65.5 Å². The van der Waals surface area contributed by atoms with Gasteiger partial charge in [-0.15, -0.1) is 0 Å². The molecule has 0 spiro atoms. The molecule has 1 unspecified atom stereocenters. The van der Waals surface area contributed by atoms with Gasteiger partial charge in [0, 0.05) is 18.2 Å². The largest absolute Gasteiger partial charge is 0.508 e. The Morgan fingerprint density at radius 1 is 1.27 bits per heavy atom. The van der Waals surface area contributed by atoms with Crippen LogP contribution < -0.4 is 10.6 Å². The van der Waals surface area contributed by atoms with Crippen LogP contribution in [0.2, 0.25) is 0 Å². The zero-order chi connectivity index (χ0) is 15.9. The normalized spacial score (nSPS) is 16.0. The third-order valence-corrected chi connectivity index (χ3v) is 4.36. The summed E-state index contributed by atoms with van der Waals surface area (Å²) in [5.41, 5.74) is 3.70. The number of fused-ring (bicyclic) bond motifs is 1. The molecular weight excluding hydrogens is 274 g/mol. The van der Waals surface area contributed by atoms with Gasteiger partial charge < -0.3 is 15.7 Å². The van der Waals surface area contributed by atoms with Gasteiger partial charge in [0.05, 0.1) is 6.54 Å². The van der Waals surface area contributed by atoms with Gasteiger partial charge in [-0.1, -0.05) is 13.0 Å². The van der Waals surface area contributed by atoms with E-state index in [2.05, 4.69) is 42.5 Å². The molecule has 22 heavy (non-hydrogen) atoms. The van der Waals surface area contributed by atoms with E-state index in [9.17, 15) is 5.11 Å². The standard InChI is InChI=1S/C18H29N3O/c1-4-13(3)21-18(19-5-2)20-12-16-15-9-7-6-8-14(15)10-11-17(16)22/h10-11,13,22H,4-9,12H2,1-3H3,(H2,19,20,21). The molecular formula is C18H29N3O. The summed E-state index contributed by atoms with van der Waals surface area (Å²) < 4.78 is 0. The van der Waals surface area contributed by atoms with Crippen LogP contribution in [0.3, 0.4) is 0 Å². The summed E-state index contributed by atoms with van der Waals surface area (Å²) in [4.78, 5) is 4.68. The van der Waals surface area contributed by atoms with Crippen molar-refractivity contribution in [3.63, 3.8) is 0 Å². The maximum absolute atomic E-state index is 10.2. The van der Waals surface area contributed by atoms with Gasteiger partial charge in [-0.05, 0) is 63.1 Å². The first-order chi connectivity index (χ1) is 10.7. The summed E-state index contributed by atoms with van der Waals surface area (Å²) in [6.07, 6.45) is 5.69. The summed E-state index contributed by atoms with van der Waals surface area (Å²) in [6, 6.07) is 4.28. The molecule has 1 atom stereocenters. The van der Waals surface area contributed by atoms with Gasteiger partial charge in [0.25, 0.3) is 0 Å². The number of benzene rings is 1. The molecule has 0 aromatic heterocycles. The first kappa shape index (κ1) is 16.7. The van der Waals surface area contributed by atoms with Gasteiger partial charge in [-0.25, -0.2) is 4.99 Å². The smallest absolute Gasteiger partial charge is 0.191 e. The van der Waals surface area contributed by atoms with Crippen molar-refractivity contribution >= 4 is 5.96 Å². The molecule has 1 aromatic rings. The van der Waals surface area contributed by atoms with Crippen LogP contribution in [0.15, 0.2) is 17.1 Å². The summed E-state index contributed by atoms with van der Waals surface area (Å²) in [5.74, 6) is 1.20. The Kier molecular flexibility index (Phi) is 6.10. The number of hydrogen-bond acceptors (Lipinski definition) is 2. The minimum Gasteiger partial charge on any atom is -0.508 e. The molecule has 3 N–H and O–H groups in total. The fourth-order valence-corrected chi connectivity index (χ4v) is 2.88. The first-order valence-corrected chi connectivity index (χ1v) is 8.53. The van der Waals surface area contributed by atoms with Crippen molar-refractivity contribution in [3.05, 3.63) is 28.8 Å². The minimum absolute atomic E-state index is 0.379. The molecule has 1 aromatic carbocycles. The van der Waals surface area contributed by atoms with E-state index in [4.69, 9.17) is 0 Å². The SMILES string of the molecule is CCNC(=NCc1c(O)ccc2c1CCCC2)NC(C)CC. The third-order valence-electron chi connectivity index (χ3n) is 4.36. The summed E-state index contributed by atoms with van der Waals surface area (Å²) in [7, 11) is 0. The lowest BCUT2D eigenvalue weighted by atomic mass is 9.88. The second-order valence-corrected chi connectivity index (χ2v) is 6.06. The average molecular weight is 303 g/mol. The molecule has 1 aliphatic rings. The first-order valence-electron chi connectivity index (χ1n) is 8.53. The van der Waals surface area contributed by atoms with Crippen LogP contribution in [0.4, 0.5) is 0 Å². The van der Waals surface area contributed by atoms with Crippen LogP contribution in [0.5, 0.6) is 5.75 Å². The zero-order valence-electron chi connectivity index (χ0n) is 14.1. The van der Waals surface area contributed by atoms with E-state index in [0.717, 1.165) is 37.3 Å². The summed E-state index contributed by atoms with van der Waals surface area (Å²) in [5, 5.41) is 16.9. The van der Waals surface area contributed by atoms with Crippen molar-refractivity contribution in [2.24, 2.45) is 4.99 Å². The molecule has 122 valence electrons. The molecule has 4 heteroatoms. The molecule has 0 saturated heterocycles. The van der Waals surface area contributed by atoms with Gasteiger partial charge in [0.2, 0.25) is 0 Å². The lowest BCUT2D eigenvalue weighted by Gasteiger charge is -2.20. The Morgan fingerprint density at radius 2 is 2.05 bits per heavy atom. The molecule has 0 bridgehead atoms. The Hall–Kier alpha value is -1.71. The highest BCUT2D eigenvalue weighted by molar-refractivity contribution is 5.80. The van der Waals surface area contributed by atoms with Crippen LogP contribution >= 0.6 is 0 Å². The topological polar surface area (TPSA) is 56.7 Å². The van der Waals surface area contributed by atoms with Crippen LogP contribution in [0.1, 0.15) is 56.7 Å². The number of guanidine groups is 1. The van der Waals surface area contributed by atoms with Gasteiger partial charge in [-0.3, -0.25) is 0 Å². The van der Waals surface area contributed by atoms with Crippen LogP contribution in [-0.2, 0) is 19.4 Å². The molecule has 0 amide bonds. The van der Waals surface area contributed by atoms with Crippen LogP contribution in [0.25, 0.3) is 0 Å². The maximum Gasteiger partial charge on any atom is 0.191 e. The quantitative estimate of drug-likeness (QED) is 0.578. The van der Waals surface area contributed by atoms with E-state index in [1.807, 2.05) is 6.07 Å². The molecule has 4 nitrogen and oxygen atoms in total. The number of nitrogens with one attached hydrogen (secondary N) is 2. The monoisotopic (exact) mass is 303 g/mol. The Bertz CT molecular complexity index is 525. The molecule has 0 aliphatic heterocycles. The molecule has 0 heterocycles. The molecule has 2 rings (SSSR count). The zero-order valence-corrected chi connectivity index (χ0v) is 14.1. The van der Waals surface area contributed by atoms with Crippen molar-refractivity contribution in [3.8, 4) is 5.75 Å². The maximum atomic E-state index is 10.2. The Morgan fingerprint density at radius 3 is 2.77 bits per heavy atom. The van der Waals surface area contributed by atoms with E-state index in [-0.39, 0.29) is 0 Å². The van der Waals surface area contributed by atoms with E-state index in [0.29, 0.717) is 18.3 Å². The van der Waals surface area contributed by atoms with Gasteiger partial charge in [-0.2, -0.15) is 0 Å². The number of nitrogens with zero attached hydrogens (tertiary/aromatic N) is 1. The number of aliphatic imine (C=N–C) groups is 1. The molecule has 0 radical (unpaired) electrons. The second-order valence-electron chi connectivity index (χ2n) is 6.06. The van der Waals surface area contributed by atoms with Gasteiger partial charge >= 0.3 is 0 Å². The van der Waals surface area contributed by atoms with Crippen LogP contribution in [-0.4, -0.2) is 23.7 Å². The van der Waals surface area contributed by atoms with Crippen molar-refractivity contribution in [1.29, 1.82) is 0 Å². The van der Waals surface area contributed by atoms with E-state index in [1.165, 1.54) is 24.0 Å². The van der Waals surface area contributed by atoms with E-state index >= 15 is 0 Å². The van der Waals surface area contributed by atoms with E-state index in [1.54, 1.807) is 0 Å². The molecule has 0 saturated carbocycles. The minimum atomic E-state index is 0.379. The van der Waals surface area contributed by atoms with Crippen molar-refractivity contribution in [1.82, 2.24) is 10.6 Å². The highest BCUT2D eigenvalue weighted by atomic mass is 16.3. The molecule has 0 fully saturated rings. The predicted molar refractivity (Wildman–Crippen MR) is 92.5 cm³/mol. The predicted octanol–water partition coefficient (Wildman–Crippen LogP) is 3.12. The second kappa shape index (κ2) is 8.06. The van der Waals surface area contributed by atoms with Crippen molar-refractivity contribution in [2.75, 3.05) is 6.54 Å². The lowest BCUT2D eigenvalue weighted by molar-refractivity contribution is 0.465. The highest BCUT2D eigenvalue weighted by Gasteiger charge is 2.16. The van der Waals surface area contributed by atoms with E-state index < -0.39 is 0 Å². The average Bonchev–Trinajstić information content (AvgIpc) is 2.53. The van der Waals surface area contributed by atoms with Gasteiger partial charge in [0.15, 0.2) is 5.96 Å². The molecule has 1 aliphatic carbocycles. The Balaban J connectivity index is 2.19. The van der Waals surface area contributed by atoms with Crippen molar-refractivity contribution < 1.29 is 5.11 Å². The fraction of sp³-hybridized carbons (Fsp3) is 0.611. The number of phenols is 1. The van der Waals surface area contributed by atoms with Gasteiger partial charge in [0.1, 0.15) is 5.75 Å². The Labute approximate surface area is 134 Å². The highest BCUT2D eigenvalue weighted by Crippen LogP contribution is 2.30. The third kappa shape index (κ3) is 4.15.